The van der Waals surface area contributed by atoms with Crippen molar-refractivity contribution >= 4 is 29.3 Å². The Hall–Kier alpha value is -3.42. The number of amides is 3. The van der Waals surface area contributed by atoms with Crippen molar-refractivity contribution in [3.8, 4) is 0 Å². The second-order valence-corrected chi connectivity index (χ2v) is 6.22. The minimum atomic E-state index is -1.13. The highest BCUT2D eigenvalue weighted by Gasteiger charge is 2.23. The fraction of sp³-hybridized carbons (Fsp3) is 0.250. The highest BCUT2D eigenvalue weighted by molar-refractivity contribution is 5.96. The zero-order valence-electron chi connectivity index (χ0n) is 15.8. The summed E-state index contributed by atoms with van der Waals surface area (Å²) in [5, 5.41) is 7.48. The third kappa shape index (κ3) is 6.08. The van der Waals surface area contributed by atoms with Crippen molar-refractivity contribution in [3.63, 3.8) is 0 Å². The molecule has 0 aliphatic carbocycles. The summed E-state index contributed by atoms with van der Waals surface area (Å²) in [5.41, 5.74) is 1.27. The molecule has 2 rings (SSSR count). The molecule has 0 unspecified atom stereocenters. The molecule has 2 atom stereocenters. The normalized spacial score (nSPS) is 12.4. The van der Waals surface area contributed by atoms with Gasteiger partial charge in [0.05, 0.1) is 0 Å². The monoisotopic (exact) mass is 387 g/mol. The number of esters is 1. The van der Waals surface area contributed by atoms with Gasteiger partial charge in [0, 0.05) is 11.4 Å². The first kappa shape index (κ1) is 20.9. The van der Waals surface area contributed by atoms with Crippen LogP contribution < -0.4 is 16.0 Å². The number of aryl methyl sites for hydroxylation is 1. The number of anilines is 2. The number of nitrogens with one attached hydrogen (secondary N) is 3. The van der Waals surface area contributed by atoms with E-state index in [4.69, 9.17) is 4.74 Å². The number of carbonyl (C=O) groups is 3. The van der Waals surface area contributed by atoms with Gasteiger partial charge in [-0.2, -0.15) is 0 Å². The lowest BCUT2D eigenvalue weighted by atomic mass is 10.2. The molecule has 0 radical (unpaired) electrons. The lowest BCUT2D eigenvalue weighted by Crippen LogP contribution is -2.44. The quantitative estimate of drug-likeness (QED) is 0.663. The number of rotatable bonds is 6. The Kier molecular flexibility index (Phi) is 7.08. The van der Waals surface area contributed by atoms with Gasteiger partial charge in [-0.05, 0) is 50.6 Å². The fourth-order valence-electron chi connectivity index (χ4n) is 2.19. The molecule has 0 aliphatic heterocycles. The molecule has 0 saturated carbocycles. The maximum atomic E-state index is 13.5. The molecule has 0 aliphatic rings. The number of para-hydroxylation sites is 1. The number of hydrogen-bond donors (Lipinski definition) is 3. The summed E-state index contributed by atoms with van der Waals surface area (Å²) < 4.78 is 18.6. The van der Waals surface area contributed by atoms with Gasteiger partial charge in [0.25, 0.3) is 5.91 Å². The summed E-state index contributed by atoms with van der Waals surface area (Å²) >= 11 is 0. The van der Waals surface area contributed by atoms with Gasteiger partial charge in [-0.15, -0.1) is 0 Å². The van der Waals surface area contributed by atoms with Crippen LogP contribution >= 0.6 is 0 Å². The van der Waals surface area contributed by atoms with Crippen LogP contribution in [0.15, 0.2) is 48.5 Å². The average molecular weight is 387 g/mol. The van der Waals surface area contributed by atoms with Crippen LogP contribution in [0, 0.1) is 12.7 Å². The van der Waals surface area contributed by atoms with E-state index in [1.807, 2.05) is 0 Å². The van der Waals surface area contributed by atoms with Crippen molar-refractivity contribution in [1.82, 2.24) is 5.32 Å². The highest BCUT2D eigenvalue weighted by atomic mass is 19.1. The number of hydrogen-bond acceptors (Lipinski definition) is 4. The molecule has 7 nitrogen and oxygen atoms in total. The van der Waals surface area contributed by atoms with Crippen molar-refractivity contribution in [3.05, 3.63) is 59.9 Å². The molecule has 0 spiro atoms. The first-order valence-corrected chi connectivity index (χ1v) is 8.66. The van der Waals surface area contributed by atoms with Gasteiger partial charge < -0.3 is 20.7 Å². The van der Waals surface area contributed by atoms with Crippen molar-refractivity contribution < 1.29 is 23.5 Å². The molecule has 0 bridgehead atoms. The molecule has 148 valence electrons. The molecule has 0 fully saturated rings. The first-order chi connectivity index (χ1) is 13.3. The van der Waals surface area contributed by atoms with Crippen LogP contribution in [-0.2, 0) is 14.3 Å². The predicted octanol–water partition coefficient (Wildman–Crippen LogP) is 3.21. The lowest BCUT2D eigenvalue weighted by molar-refractivity contribution is -0.154. The Balaban J connectivity index is 1.83. The summed E-state index contributed by atoms with van der Waals surface area (Å²) in [5.74, 6) is -1.84. The summed E-state index contributed by atoms with van der Waals surface area (Å²) in [6, 6.07) is 11.4. The molecule has 0 aromatic heterocycles. The molecule has 3 N–H and O–H groups in total. The summed E-state index contributed by atoms with van der Waals surface area (Å²) in [6.45, 7) is 4.43. The van der Waals surface area contributed by atoms with Gasteiger partial charge in [-0.25, -0.2) is 14.0 Å². The van der Waals surface area contributed by atoms with E-state index < -0.39 is 35.9 Å². The fourth-order valence-corrected chi connectivity index (χ4v) is 2.19. The van der Waals surface area contributed by atoms with E-state index in [1.165, 1.54) is 26.0 Å². The molecule has 2 aromatic carbocycles. The maximum Gasteiger partial charge on any atom is 0.329 e. The minimum Gasteiger partial charge on any atom is -0.451 e. The Morgan fingerprint density at radius 1 is 0.964 bits per heavy atom. The highest BCUT2D eigenvalue weighted by Crippen LogP contribution is 2.14. The summed E-state index contributed by atoms with van der Waals surface area (Å²) in [4.78, 5) is 36.1. The molecular weight excluding hydrogens is 365 g/mol. The van der Waals surface area contributed by atoms with E-state index in [1.54, 1.807) is 43.3 Å². The number of carbonyl (C=O) groups excluding carboxylic acids is 3. The predicted molar refractivity (Wildman–Crippen MR) is 103 cm³/mol. The molecule has 3 amide bonds. The molecule has 0 heterocycles. The van der Waals surface area contributed by atoms with E-state index in [2.05, 4.69) is 16.0 Å². The van der Waals surface area contributed by atoms with Gasteiger partial charge in [-0.1, -0.05) is 24.3 Å². The van der Waals surface area contributed by atoms with E-state index in [0.717, 1.165) is 0 Å². The molecule has 8 heteroatoms. The second-order valence-electron chi connectivity index (χ2n) is 6.22. The lowest BCUT2D eigenvalue weighted by Gasteiger charge is -2.18. The van der Waals surface area contributed by atoms with Gasteiger partial charge in [0.2, 0.25) is 0 Å². The van der Waals surface area contributed by atoms with E-state index in [0.29, 0.717) is 11.3 Å². The Morgan fingerprint density at radius 3 is 2.29 bits per heavy atom. The van der Waals surface area contributed by atoms with Gasteiger partial charge in [0.15, 0.2) is 6.10 Å². The largest absolute Gasteiger partial charge is 0.451 e. The van der Waals surface area contributed by atoms with Gasteiger partial charge in [-0.3, -0.25) is 4.79 Å². The van der Waals surface area contributed by atoms with E-state index in [-0.39, 0.29) is 5.69 Å². The van der Waals surface area contributed by atoms with Gasteiger partial charge >= 0.3 is 12.0 Å². The van der Waals surface area contributed by atoms with Crippen LogP contribution in [0.4, 0.5) is 20.6 Å². The number of benzene rings is 2. The number of halogens is 1. The van der Waals surface area contributed by atoms with Crippen LogP contribution in [0.2, 0.25) is 0 Å². The maximum absolute atomic E-state index is 13.5. The van der Waals surface area contributed by atoms with Crippen LogP contribution in [-0.4, -0.2) is 30.1 Å². The van der Waals surface area contributed by atoms with E-state index >= 15 is 0 Å². The number of urea groups is 1. The molecule has 2 aromatic rings. The summed E-state index contributed by atoms with van der Waals surface area (Å²) in [6.07, 6.45) is -1.13. The van der Waals surface area contributed by atoms with Crippen molar-refractivity contribution in [2.24, 2.45) is 0 Å². The third-order valence-corrected chi connectivity index (χ3v) is 3.83. The average Bonchev–Trinajstić information content (AvgIpc) is 2.65. The second kappa shape index (κ2) is 9.50. The van der Waals surface area contributed by atoms with Crippen LogP contribution in [0.3, 0.4) is 0 Å². The number of ether oxygens (including phenoxy) is 1. The molecule has 28 heavy (non-hydrogen) atoms. The van der Waals surface area contributed by atoms with Crippen molar-refractivity contribution in [2.45, 2.75) is 32.9 Å². The standard InChI is InChI=1S/C20H22FN3O4/c1-12-9-10-16(11-17(12)21)23-18(25)14(3)28-19(26)13(2)22-20(27)24-15-7-5-4-6-8-15/h4-11,13-14H,1-3H3,(H,23,25)(H2,22,24,27)/t13-,14+/m0/s1. The smallest absolute Gasteiger partial charge is 0.329 e. The Labute approximate surface area is 162 Å². The SMILES string of the molecule is Cc1ccc(NC(=O)[C@@H](C)OC(=O)[C@H](C)NC(=O)Nc2ccccc2)cc1F. The molecule has 0 saturated heterocycles. The zero-order valence-corrected chi connectivity index (χ0v) is 15.8. The Morgan fingerprint density at radius 2 is 1.64 bits per heavy atom. The van der Waals surface area contributed by atoms with Crippen LogP contribution in [0.1, 0.15) is 19.4 Å². The van der Waals surface area contributed by atoms with Gasteiger partial charge in [0.1, 0.15) is 11.9 Å². The van der Waals surface area contributed by atoms with Crippen molar-refractivity contribution in [1.29, 1.82) is 0 Å². The van der Waals surface area contributed by atoms with Crippen molar-refractivity contribution in [2.75, 3.05) is 10.6 Å². The summed E-state index contributed by atoms with van der Waals surface area (Å²) in [7, 11) is 0. The van der Waals surface area contributed by atoms with Crippen LogP contribution in [0.25, 0.3) is 0 Å². The Bertz CT molecular complexity index is 858. The third-order valence-electron chi connectivity index (χ3n) is 3.83. The van der Waals surface area contributed by atoms with Crippen LogP contribution in [0.5, 0.6) is 0 Å². The van der Waals surface area contributed by atoms with E-state index in [9.17, 15) is 18.8 Å². The first-order valence-electron chi connectivity index (χ1n) is 8.66. The zero-order chi connectivity index (χ0) is 20.7. The topological polar surface area (TPSA) is 96.5 Å². The molecular formula is C20H22FN3O4. The minimum absolute atomic E-state index is 0.254.